The number of hydrogen-bond donors (Lipinski definition) is 1. The topological polar surface area (TPSA) is 79.5 Å². The molecule has 2 aromatic carbocycles. The van der Waals surface area contributed by atoms with Gasteiger partial charge in [-0.1, -0.05) is 66.9 Å². The minimum Gasteiger partial charge on any atom is -0.481 e. The molecular formula is C28H30FN3O3. The molecule has 0 radical (unpaired) electrons. The molecule has 0 bridgehead atoms. The van der Waals surface area contributed by atoms with E-state index in [9.17, 15) is 9.18 Å². The van der Waals surface area contributed by atoms with Crippen molar-refractivity contribution in [1.82, 2.24) is 15.0 Å². The van der Waals surface area contributed by atoms with E-state index in [0.29, 0.717) is 24.8 Å². The second-order valence-corrected chi connectivity index (χ2v) is 9.84. The second-order valence-electron chi connectivity index (χ2n) is 9.84. The minimum absolute atomic E-state index is 0.0298. The molecule has 1 aromatic heterocycles. The van der Waals surface area contributed by atoms with Crippen LogP contribution in [-0.2, 0) is 16.8 Å². The smallest absolute Gasteiger partial charge is 0.309 e. The van der Waals surface area contributed by atoms with Crippen LogP contribution in [0.5, 0.6) is 0 Å². The van der Waals surface area contributed by atoms with Crippen LogP contribution in [0, 0.1) is 11.7 Å². The van der Waals surface area contributed by atoms with Crippen molar-refractivity contribution >= 4 is 12.0 Å². The van der Waals surface area contributed by atoms with E-state index >= 15 is 0 Å². The molecule has 1 N–H and O–H groups in total. The van der Waals surface area contributed by atoms with E-state index in [0.717, 1.165) is 36.9 Å². The van der Waals surface area contributed by atoms with Gasteiger partial charge in [-0.2, -0.15) is 4.98 Å². The molecule has 35 heavy (non-hydrogen) atoms. The van der Waals surface area contributed by atoms with Crippen molar-refractivity contribution in [2.24, 2.45) is 5.92 Å². The highest BCUT2D eigenvalue weighted by molar-refractivity contribution is 5.71. The summed E-state index contributed by atoms with van der Waals surface area (Å²) in [5.74, 6) is -0.160. The fourth-order valence-corrected chi connectivity index (χ4v) is 5.32. The highest BCUT2D eigenvalue weighted by Gasteiger charge is 2.33. The number of nitrogens with zero attached hydrogens (tertiary/aromatic N) is 3. The van der Waals surface area contributed by atoms with Crippen molar-refractivity contribution < 1.29 is 18.8 Å². The summed E-state index contributed by atoms with van der Waals surface area (Å²) in [6.45, 7) is 1.93. The summed E-state index contributed by atoms with van der Waals surface area (Å²) in [6, 6.07) is 14.9. The molecule has 2 fully saturated rings. The van der Waals surface area contributed by atoms with Crippen LogP contribution in [0.25, 0.3) is 17.5 Å². The monoisotopic (exact) mass is 475 g/mol. The molecule has 3 aromatic rings. The number of carbonyl (C=O) groups is 1. The summed E-state index contributed by atoms with van der Waals surface area (Å²) in [7, 11) is 0. The Bertz CT molecular complexity index is 1170. The van der Waals surface area contributed by atoms with Crippen molar-refractivity contribution in [2.75, 3.05) is 13.1 Å². The fourth-order valence-electron chi connectivity index (χ4n) is 5.32. The standard InChI is InChI=1S/C28H30FN3O3/c29-24-12-10-23(11-13-24)28(14-2-1-3-15-28)16-4-5-25-30-26(31-35-25)21-8-6-20(7-9-21)17-32-18-22(19-32)27(33)34/h4-13,22H,1-3,14-19H2,(H,33,34)/b5-4+. The molecule has 1 aliphatic heterocycles. The first-order valence-corrected chi connectivity index (χ1v) is 12.3. The van der Waals surface area contributed by atoms with Crippen molar-refractivity contribution in [2.45, 2.75) is 50.5 Å². The second kappa shape index (κ2) is 10.1. The first kappa shape index (κ1) is 23.4. The maximum Gasteiger partial charge on any atom is 0.309 e. The van der Waals surface area contributed by atoms with Gasteiger partial charge in [0.2, 0.25) is 5.82 Å². The first-order chi connectivity index (χ1) is 17.0. The molecule has 0 amide bonds. The average molecular weight is 476 g/mol. The van der Waals surface area contributed by atoms with Crippen LogP contribution in [-0.4, -0.2) is 39.2 Å². The maximum atomic E-state index is 13.5. The minimum atomic E-state index is -0.720. The third kappa shape index (κ3) is 5.35. The van der Waals surface area contributed by atoms with Crippen molar-refractivity contribution in [3.8, 4) is 11.4 Å². The van der Waals surface area contributed by atoms with Crippen LogP contribution < -0.4 is 0 Å². The predicted molar refractivity (Wildman–Crippen MR) is 131 cm³/mol. The lowest BCUT2D eigenvalue weighted by atomic mass is 9.67. The number of carboxylic acids is 1. The van der Waals surface area contributed by atoms with Crippen LogP contribution in [0.15, 0.2) is 59.1 Å². The van der Waals surface area contributed by atoms with Crippen molar-refractivity contribution in [3.05, 3.63) is 77.4 Å². The number of rotatable bonds is 8. The Hall–Kier alpha value is -3.32. The van der Waals surface area contributed by atoms with E-state index in [4.69, 9.17) is 9.63 Å². The third-order valence-electron chi connectivity index (χ3n) is 7.40. The summed E-state index contributed by atoms with van der Waals surface area (Å²) in [5.41, 5.74) is 3.23. The summed E-state index contributed by atoms with van der Waals surface area (Å²) >= 11 is 0. The number of hydrogen-bond acceptors (Lipinski definition) is 5. The van der Waals surface area contributed by atoms with Gasteiger partial charge in [0.05, 0.1) is 5.92 Å². The molecule has 1 saturated carbocycles. The zero-order valence-electron chi connectivity index (χ0n) is 19.7. The van der Waals surface area contributed by atoms with E-state index in [-0.39, 0.29) is 17.2 Å². The van der Waals surface area contributed by atoms with E-state index < -0.39 is 5.97 Å². The molecule has 5 rings (SSSR count). The average Bonchev–Trinajstić information content (AvgIpc) is 3.31. The van der Waals surface area contributed by atoms with Gasteiger partial charge >= 0.3 is 5.97 Å². The summed E-state index contributed by atoms with van der Waals surface area (Å²) in [4.78, 5) is 17.6. The van der Waals surface area contributed by atoms with E-state index in [1.54, 1.807) is 12.1 Å². The summed E-state index contributed by atoms with van der Waals surface area (Å²) in [6.07, 6.45) is 10.6. The highest BCUT2D eigenvalue weighted by atomic mass is 19.1. The first-order valence-electron chi connectivity index (χ1n) is 12.3. The lowest BCUT2D eigenvalue weighted by molar-refractivity contribution is -0.147. The summed E-state index contributed by atoms with van der Waals surface area (Å²) in [5, 5.41) is 13.1. The van der Waals surface area contributed by atoms with Crippen molar-refractivity contribution in [3.63, 3.8) is 0 Å². The molecule has 182 valence electrons. The number of aromatic nitrogens is 2. The Morgan fingerprint density at radius 2 is 1.80 bits per heavy atom. The van der Waals surface area contributed by atoms with Gasteiger partial charge in [-0.3, -0.25) is 9.69 Å². The highest BCUT2D eigenvalue weighted by Crippen LogP contribution is 2.42. The van der Waals surface area contributed by atoms with E-state index in [1.165, 1.54) is 24.8 Å². The van der Waals surface area contributed by atoms with Crippen molar-refractivity contribution in [1.29, 1.82) is 0 Å². The van der Waals surface area contributed by atoms with Crippen LogP contribution in [0.3, 0.4) is 0 Å². The van der Waals surface area contributed by atoms with Gasteiger partial charge in [0.15, 0.2) is 0 Å². The van der Waals surface area contributed by atoms with Gasteiger partial charge in [0.1, 0.15) is 5.82 Å². The van der Waals surface area contributed by atoms with Crippen LogP contribution in [0.1, 0.15) is 55.5 Å². The third-order valence-corrected chi connectivity index (χ3v) is 7.40. The molecule has 0 atom stereocenters. The Labute approximate surface area is 204 Å². The van der Waals surface area contributed by atoms with Crippen LogP contribution >= 0.6 is 0 Å². The van der Waals surface area contributed by atoms with Gasteiger partial charge in [-0.25, -0.2) is 4.39 Å². The number of carboxylic acid groups (broad SMARTS) is 1. The predicted octanol–water partition coefficient (Wildman–Crippen LogP) is 5.70. The molecule has 2 heterocycles. The van der Waals surface area contributed by atoms with Gasteiger partial charge in [-0.05, 0) is 54.0 Å². The van der Waals surface area contributed by atoms with Gasteiger partial charge in [0, 0.05) is 25.2 Å². The lowest BCUT2D eigenvalue weighted by Crippen LogP contribution is -2.49. The normalized spacial score (nSPS) is 18.5. The number of aliphatic carboxylic acids is 1. The molecule has 2 aliphatic rings. The molecule has 1 aliphatic carbocycles. The molecule has 0 spiro atoms. The van der Waals surface area contributed by atoms with Crippen LogP contribution in [0.4, 0.5) is 4.39 Å². The Morgan fingerprint density at radius 1 is 1.09 bits per heavy atom. The van der Waals surface area contributed by atoms with Gasteiger partial charge < -0.3 is 9.63 Å². The SMILES string of the molecule is O=C(O)C1CN(Cc2ccc(-c3noc(/C=C/CC4(c5ccc(F)cc5)CCCCC4)n3)cc2)C1. The quantitative estimate of drug-likeness (QED) is 0.450. The van der Waals surface area contributed by atoms with Gasteiger partial charge in [0.25, 0.3) is 5.89 Å². The fraction of sp³-hybridized carbons (Fsp3) is 0.393. The molecule has 0 unspecified atom stereocenters. The van der Waals surface area contributed by atoms with E-state index in [1.807, 2.05) is 42.5 Å². The lowest BCUT2D eigenvalue weighted by Gasteiger charge is -2.37. The zero-order valence-corrected chi connectivity index (χ0v) is 19.7. The molecule has 7 heteroatoms. The largest absolute Gasteiger partial charge is 0.481 e. The Morgan fingerprint density at radius 3 is 2.49 bits per heavy atom. The van der Waals surface area contributed by atoms with Crippen LogP contribution in [0.2, 0.25) is 0 Å². The maximum absolute atomic E-state index is 13.5. The molecule has 6 nitrogen and oxygen atoms in total. The molecule has 1 saturated heterocycles. The Kier molecular flexibility index (Phi) is 6.77. The number of benzene rings is 2. The zero-order chi connectivity index (χ0) is 24.3. The van der Waals surface area contributed by atoms with Gasteiger partial charge in [-0.15, -0.1) is 0 Å². The van der Waals surface area contributed by atoms with E-state index in [2.05, 4.69) is 21.1 Å². The number of allylic oxidation sites excluding steroid dienone is 1. The number of halogens is 1. The summed E-state index contributed by atoms with van der Waals surface area (Å²) < 4.78 is 18.9. The Balaban J connectivity index is 1.21. The molecular weight excluding hydrogens is 445 g/mol. The number of likely N-dealkylation sites (tertiary alicyclic amines) is 1.